The number of hydrogen-bond donors (Lipinski definition) is 1. The lowest BCUT2D eigenvalue weighted by atomic mass is 10.2. The summed E-state index contributed by atoms with van der Waals surface area (Å²) >= 11 is 3.12. The highest BCUT2D eigenvalue weighted by molar-refractivity contribution is 9.09. The molecule has 0 heterocycles. The zero-order valence-corrected chi connectivity index (χ0v) is 5.62. The van der Waals surface area contributed by atoms with Crippen molar-refractivity contribution in [2.45, 2.75) is 19.4 Å². The van der Waals surface area contributed by atoms with Gasteiger partial charge in [-0.3, -0.25) is 0 Å². The van der Waals surface area contributed by atoms with Gasteiger partial charge in [0, 0.05) is 5.33 Å². The number of aliphatic hydroxyl groups is 1. The molecule has 0 aliphatic heterocycles. The third kappa shape index (κ3) is 4.44. The largest absolute Gasteiger partial charge is 0.390 e. The van der Waals surface area contributed by atoms with Gasteiger partial charge >= 0.3 is 0 Å². The van der Waals surface area contributed by atoms with Crippen LogP contribution in [0, 0.1) is 0 Å². The highest BCUT2D eigenvalue weighted by Gasteiger charge is 2.07. The highest BCUT2D eigenvalue weighted by Crippen LogP contribution is 2.02. The molecule has 0 saturated carbocycles. The van der Waals surface area contributed by atoms with Crippen LogP contribution in [0.2, 0.25) is 0 Å². The maximum atomic E-state index is 8.78. The first-order chi connectivity index (χ1) is 2.56. The molecule has 0 aromatic carbocycles. The van der Waals surface area contributed by atoms with Crippen molar-refractivity contribution in [1.82, 2.24) is 0 Å². The summed E-state index contributed by atoms with van der Waals surface area (Å²) in [5, 5.41) is 9.42. The van der Waals surface area contributed by atoms with E-state index in [-0.39, 0.29) is 0 Å². The zero-order valence-electron chi connectivity index (χ0n) is 4.03. The van der Waals surface area contributed by atoms with E-state index in [0.29, 0.717) is 5.33 Å². The molecule has 0 unspecified atom stereocenters. The van der Waals surface area contributed by atoms with Gasteiger partial charge in [-0.2, -0.15) is 0 Å². The van der Waals surface area contributed by atoms with Crippen molar-refractivity contribution in [2.75, 3.05) is 5.33 Å². The molecule has 0 amide bonds. The molecule has 0 spiro atoms. The van der Waals surface area contributed by atoms with E-state index in [1.165, 1.54) is 0 Å². The SMILES string of the molecule is CC(C)(O)CBr. The number of hydrogen-bond acceptors (Lipinski definition) is 1. The van der Waals surface area contributed by atoms with E-state index in [2.05, 4.69) is 15.9 Å². The summed E-state index contributed by atoms with van der Waals surface area (Å²) in [7, 11) is 0. The first-order valence-electron chi connectivity index (χ1n) is 1.84. The second kappa shape index (κ2) is 1.94. The van der Waals surface area contributed by atoms with Crippen LogP contribution in [-0.4, -0.2) is 16.0 Å². The van der Waals surface area contributed by atoms with Gasteiger partial charge in [0.15, 0.2) is 0 Å². The van der Waals surface area contributed by atoms with E-state index in [9.17, 15) is 0 Å². The minimum absolute atomic E-state index is 0.542. The predicted molar refractivity (Wildman–Crippen MR) is 30.1 cm³/mol. The van der Waals surface area contributed by atoms with Crippen molar-refractivity contribution < 1.29 is 5.11 Å². The quantitative estimate of drug-likeness (QED) is 0.560. The van der Waals surface area contributed by atoms with Gasteiger partial charge < -0.3 is 5.11 Å². The Bertz CT molecular complexity index is 37.3. The Balaban J connectivity index is 3.17. The van der Waals surface area contributed by atoms with Crippen LogP contribution in [-0.2, 0) is 0 Å². The fourth-order valence-corrected chi connectivity index (χ4v) is 0. The highest BCUT2D eigenvalue weighted by atomic mass is 79.9. The van der Waals surface area contributed by atoms with Gasteiger partial charge in [0.2, 0.25) is 0 Å². The second-order valence-electron chi connectivity index (χ2n) is 1.95. The van der Waals surface area contributed by atoms with E-state index in [1.807, 2.05) is 0 Å². The molecule has 0 aliphatic rings. The Labute approximate surface area is 46.5 Å². The van der Waals surface area contributed by atoms with Gasteiger partial charge in [0.25, 0.3) is 0 Å². The fraction of sp³-hybridized carbons (Fsp3) is 1.00. The monoisotopic (exact) mass is 152 g/mol. The summed E-state index contributed by atoms with van der Waals surface area (Å²) in [6, 6.07) is 0. The third-order valence-electron chi connectivity index (χ3n) is 0.327. The van der Waals surface area contributed by atoms with Crippen LogP contribution < -0.4 is 0 Å². The lowest BCUT2D eigenvalue weighted by Crippen LogP contribution is -2.19. The van der Waals surface area contributed by atoms with E-state index < -0.39 is 5.60 Å². The van der Waals surface area contributed by atoms with E-state index in [0.717, 1.165) is 0 Å². The van der Waals surface area contributed by atoms with Crippen molar-refractivity contribution in [1.29, 1.82) is 0 Å². The molecule has 0 saturated heterocycles. The molecular weight excluding hydrogens is 144 g/mol. The maximum absolute atomic E-state index is 8.78. The van der Waals surface area contributed by atoms with Crippen LogP contribution in [0.25, 0.3) is 0 Å². The molecule has 0 rings (SSSR count). The predicted octanol–water partition coefficient (Wildman–Crippen LogP) is 1.15. The molecule has 1 N–H and O–H groups in total. The van der Waals surface area contributed by atoms with Gasteiger partial charge in [-0.15, -0.1) is 0 Å². The van der Waals surface area contributed by atoms with Gasteiger partial charge in [0.05, 0.1) is 5.60 Å². The summed E-state index contributed by atoms with van der Waals surface area (Å²) in [5.74, 6) is 0. The number of halogens is 1. The van der Waals surface area contributed by atoms with Crippen molar-refractivity contribution in [3.05, 3.63) is 0 Å². The lowest BCUT2D eigenvalue weighted by molar-refractivity contribution is 0.108. The van der Waals surface area contributed by atoms with Gasteiger partial charge in [-0.1, -0.05) is 15.9 Å². The summed E-state index contributed by atoms with van der Waals surface area (Å²) in [6.07, 6.45) is 0. The molecule has 6 heavy (non-hydrogen) atoms. The Morgan fingerprint density at radius 2 is 1.83 bits per heavy atom. The average molecular weight is 153 g/mol. The van der Waals surface area contributed by atoms with Crippen LogP contribution in [0.15, 0.2) is 0 Å². The normalized spacial score (nSPS) is 12.0. The molecule has 0 atom stereocenters. The number of rotatable bonds is 1. The molecular formula is C4H9BrO. The molecule has 0 bridgehead atoms. The molecule has 1 nitrogen and oxygen atoms in total. The molecule has 2 heteroatoms. The van der Waals surface area contributed by atoms with Crippen molar-refractivity contribution >= 4 is 15.9 Å². The summed E-state index contributed by atoms with van der Waals surface area (Å²) in [4.78, 5) is 0. The lowest BCUT2D eigenvalue weighted by Gasteiger charge is -2.10. The summed E-state index contributed by atoms with van der Waals surface area (Å²) in [5.41, 5.74) is -0.542. The minimum atomic E-state index is -0.542. The van der Waals surface area contributed by atoms with Crippen LogP contribution in [0.5, 0.6) is 0 Å². The molecule has 0 radical (unpaired) electrons. The molecule has 0 aromatic heterocycles. The van der Waals surface area contributed by atoms with Crippen LogP contribution >= 0.6 is 15.9 Å². The third-order valence-corrected chi connectivity index (χ3v) is 1.70. The Morgan fingerprint density at radius 3 is 1.83 bits per heavy atom. The standard InChI is InChI=1S/C4H9BrO/c1-4(2,6)3-5/h6H,3H2,1-2H3. The Hall–Kier alpha value is 0.440. The van der Waals surface area contributed by atoms with Gasteiger partial charge in [-0.05, 0) is 13.8 Å². The van der Waals surface area contributed by atoms with E-state index in [4.69, 9.17) is 5.11 Å². The number of alkyl halides is 1. The van der Waals surface area contributed by atoms with Crippen molar-refractivity contribution in [3.63, 3.8) is 0 Å². The summed E-state index contributed by atoms with van der Waals surface area (Å²) < 4.78 is 0. The molecule has 38 valence electrons. The van der Waals surface area contributed by atoms with Gasteiger partial charge in [0.1, 0.15) is 0 Å². The average Bonchev–Trinajstić information content (AvgIpc) is 1.35. The first-order valence-corrected chi connectivity index (χ1v) is 2.97. The Morgan fingerprint density at radius 1 is 1.67 bits per heavy atom. The summed E-state index contributed by atoms with van der Waals surface area (Å²) in [6.45, 7) is 3.50. The fourth-order valence-electron chi connectivity index (χ4n) is 0. The molecule has 0 aromatic rings. The van der Waals surface area contributed by atoms with Crippen LogP contribution in [0.1, 0.15) is 13.8 Å². The minimum Gasteiger partial charge on any atom is -0.390 e. The van der Waals surface area contributed by atoms with Crippen LogP contribution in [0.4, 0.5) is 0 Å². The zero-order chi connectivity index (χ0) is 5.21. The van der Waals surface area contributed by atoms with E-state index in [1.54, 1.807) is 13.8 Å². The second-order valence-corrected chi connectivity index (χ2v) is 2.51. The van der Waals surface area contributed by atoms with Crippen molar-refractivity contribution in [2.24, 2.45) is 0 Å². The topological polar surface area (TPSA) is 20.2 Å². The van der Waals surface area contributed by atoms with Crippen molar-refractivity contribution in [3.8, 4) is 0 Å². The maximum Gasteiger partial charge on any atom is 0.0688 e. The first kappa shape index (κ1) is 6.44. The molecule has 0 fully saturated rings. The van der Waals surface area contributed by atoms with E-state index >= 15 is 0 Å². The van der Waals surface area contributed by atoms with Gasteiger partial charge in [-0.25, -0.2) is 0 Å². The molecule has 0 aliphatic carbocycles. The van der Waals surface area contributed by atoms with Crippen LogP contribution in [0.3, 0.4) is 0 Å². The smallest absolute Gasteiger partial charge is 0.0688 e. The Kier molecular flexibility index (Phi) is 2.08.